The van der Waals surface area contributed by atoms with Gasteiger partial charge in [-0.3, -0.25) is 14.5 Å². The fourth-order valence-corrected chi connectivity index (χ4v) is 2.85. The number of benzene rings is 1. The van der Waals surface area contributed by atoms with Crippen LogP contribution < -0.4 is 5.32 Å². The van der Waals surface area contributed by atoms with E-state index in [0.29, 0.717) is 5.02 Å². The standard InChI is InChI=1S/C16H21ClN2O3/c1-11(12-5-7-13(17)8-6-12)18-15(20)10-19-9-3-4-14(19)16(21)22-2/h5-8,11,14H,3-4,9-10H2,1-2H3,(H,18,20). The van der Waals surface area contributed by atoms with Gasteiger partial charge in [0.1, 0.15) is 6.04 Å². The summed E-state index contributed by atoms with van der Waals surface area (Å²) < 4.78 is 4.78. The quantitative estimate of drug-likeness (QED) is 0.843. The molecular weight excluding hydrogens is 304 g/mol. The second-order valence-electron chi connectivity index (χ2n) is 5.49. The normalized spacial score (nSPS) is 19.7. The van der Waals surface area contributed by atoms with Crippen LogP contribution in [0.3, 0.4) is 0 Å². The van der Waals surface area contributed by atoms with Crippen LogP contribution in [0.15, 0.2) is 24.3 Å². The first-order valence-electron chi connectivity index (χ1n) is 7.38. The minimum atomic E-state index is -0.304. The molecule has 0 spiro atoms. The summed E-state index contributed by atoms with van der Waals surface area (Å²) in [5, 5.41) is 3.61. The molecule has 1 aliphatic heterocycles. The molecule has 1 aromatic rings. The monoisotopic (exact) mass is 324 g/mol. The molecule has 2 unspecified atom stereocenters. The lowest BCUT2D eigenvalue weighted by molar-refractivity contribution is -0.146. The zero-order chi connectivity index (χ0) is 16.1. The zero-order valence-corrected chi connectivity index (χ0v) is 13.6. The van der Waals surface area contributed by atoms with Crippen LogP contribution in [0.2, 0.25) is 5.02 Å². The summed E-state index contributed by atoms with van der Waals surface area (Å²) in [6.07, 6.45) is 1.65. The van der Waals surface area contributed by atoms with Gasteiger partial charge in [0.15, 0.2) is 0 Å². The van der Waals surface area contributed by atoms with E-state index in [9.17, 15) is 9.59 Å². The van der Waals surface area contributed by atoms with E-state index in [1.807, 2.05) is 24.0 Å². The van der Waals surface area contributed by atoms with Crippen LogP contribution in [0.4, 0.5) is 0 Å². The Balaban J connectivity index is 1.89. The third-order valence-corrected chi connectivity index (χ3v) is 4.18. The van der Waals surface area contributed by atoms with Gasteiger partial charge in [0.25, 0.3) is 0 Å². The molecule has 1 aromatic carbocycles. The van der Waals surface area contributed by atoms with Gasteiger partial charge in [-0.2, -0.15) is 0 Å². The Hall–Kier alpha value is -1.59. The van der Waals surface area contributed by atoms with E-state index in [1.54, 1.807) is 12.1 Å². The largest absolute Gasteiger partial charge is 0.468 e. The molecule has 2 atom stereocenters. The molecule has 1 N–H and O–H groups in total. The summed E-state index contributed by atoms with van der Waals surface area (Å²) in [6.45, 7) is 2.86. The number of halogens is 1. The average Bonchev–Trinajstić information content (AvgIpc) is 2.95. The zero-order valence-electron chi connectivity index (χ0n) is 12.8. The maximum Gasteiger partial charge on any atom is 0.323 e. The molecule has 0 aliphatic carbocycles. The van der Waals surface area contributed by atoms with Gasteiger partial charge in [-0.25, -0.2) is 0 Å². The van der Waals surface area contributed by atoms with E-state index in [0.717, 1.165) is 24.9 Å². The molecule has 0 radical (unpaired) electrons. The molecule has 22 heavy (non-hydrogen) atoms. The lowest BCUT2D eigenvalue weighted by Gasteiger charge is -2.23. The highest BCUT2D eigenvalue weighted by Crippen LogP contribution is 2.19. The van der Waals surface area contributed by atoms with Crippen molar-refractivity contribution in [1.29, 1.82) is 0 Å². The molecule has 0 aromatic heterocycles. The van der Waals surface area contributed by atoms with E-state index in [4.69, 9.17) is 16.3 Å². The Morgan fingerprint density at radius 3 is 2.73 bits per heavy atom. The first-order valence-corrected chi connectivity index (χ1v) is 7.75. The Morgan fingerprint density at radius 2 is 2.09 bits per heavy atom. The summed E-state index contributed by atoms with van der Waals surface area (Å²) >= 11 is 5.86. The van der Waals surface area contributed by atoms with Crippen LogP contribution in [0.25, 0.3) is 0 Å². The van der Waals surface area contributed by atoms with Gasteiger partial charge < -0.3 is 10.1 Å². The van der Waals surface area contributed by atoms with E-state index < -0.39 is 0 Å². The fourth-order valence-electron chi connectivity index (χ4n) is 2.72. The first kappa shape index (κ1) is 16.8. The average molecular weight is 325 g/mol. The predicted molar refractivity (Wildman–Crippen MR) is 84.6 cm³/mol. The van der Waals surface area contributed by atoms with Gasteiger partial charge in [0.2, 0.25) is 5.91 Å². The SMILES string of the molecule is COC(=O)C1CCCN1CC(=O)NC(C)c1ccc(Cl)cc1. The number of esters is 1. The number of amides is 1. The molecule has 0 bridgehead atoms. The summed E-state index contributed by atoms with van der Waals surface area (Å²) in [6, 6.07) is 6.96. The fraction of sp³-hybridized carbons (Fsp3) is 0.500. The molecular formula is C16H21ClN2O3. The van der Waals surface area contributed by atoms with Crippen molar-refractivity contribution in [2.24, 2.45) is 0 Å². The summed E-state index contributed by atoms with van der Waals surface area (Å²) in [7, 11) is 1.38. The van der Waals surface area contributed by atoms with Crippen molar-refractivity contribution in [3.63, 3.8) is 0 Å². The van der Waals surface area contributed by atoms with E-state index in [-0.39, 0.29) is 30.5 Å². The summed E-state index contributed by atoms with van der Waals surface area (Å²) in [5.74, 6) is -0.366. The number of nitrogens with zero attached hydrogens (tertiary/aromatic N) is 1. The third-order valence-electron chi connectivity index (χ3n) is 3.93. The van der Waals surface area contributed by atoms with Gasteiger partial charge in [0.05, 0.1) is 19.7 Å². The maximum atomic E-state index is 12.2. The highest BCUT2D eigenvalue weighted by Gasteiger charge is 2.32. The van der Waals surface area contributed by atoms with Gasteiger partial charge in [-0.1, -0.05) is 23.7 Å². The molecule has 120 valence electrons. The molecule has 2 rings (SSSR count). The molecule has 1 amide bonds. The van der Waals surface area contributed by atoms with Gasteiger partial charge in [0, 0.05) is 5.02 Å². The molecule has 0 saturated carbocycles. The Kier molecular flexibility index (Phi) is 5.80. The van der Waals surface area contributed by atoms with Crippen LogP contribution in [-0.2, 0) is 14.3 Å². The second-order valence-corrected chi connectivity index (χ2v) is 5.93. The molecule has 1 saturated heterocycles. The highest BCUT2D eigenvalue weighted by atomic mass is 35.5. The number of hydrogen-bond donors (Lipinski definition) is 1. The summed E-state index contributed by atoms with van der Waals surface area (Å²) in [4.78, 5) is 25.7. The molecule has 6 heteroatoms. The third kappa shape index (κ3) is 4.21. The molecule has 5 nitrogen and oxygen atoms in total. The number of carbonyl (C=O) groups excluding carboxylic acids is 2. The highest BCUT2D eigenvalue weighted by molar-refractivity contribution is 6.30. The minimum absolute atomic E-state index is 0.0988. The van der Waals surface area contributed by atoms with Crippen LogP contribution in [0.5, 0.6) is 0 Å². The van der Waals surface area contributed by atoms with Crippen molar-refractivity contribution >= 4 is 23.5 Å². The number of carbonyl (C=O) groups is 2. The smallest absolute Gasteiger partial charge is 0.323 e. The Labute approximate surface area is 135 Å². The first-order chi connectivity index (χ1) is 10.5. The van der Waals surface area contributed by atoms with Gasteiger partial charge in [-0.15, -0.1) is 0 Å². The van der Waals surface area contributed by atoms with Crippen LogP contribution in [-0.4, -0.2) is 43.0 Å². The number of nitrogens with one attached hydrogen (secondary N) is 1. The van der Waals surface area contributed by atoms with Crippen molar-refractivity contribution in [3.05, 3.63) is 34.9 Å². The van der Waals surface area contributed by atoms with Gasteiger partial charge >= 0.3 is 5.97 Å². The number of methoxy groups -OCH3 is 1. The second kappa shape index (κ2) is 7.61. The number of rotatable bonds is 5. The van der Waals surface area contributed by atoms with Crippen LogP contribution in [0, 0.1) is 0 Å². The van der Waals surface area contributed by atoms with Crippen LogP contribution >= 0.6 is 11.6 Å². The molecule has 1 heterocycles. The van der Waals surface area contributed by atoms with E-state index in [2.05, 4.69) is 5.32 Å². The van der Waals surface area contributed by atoms with Gasteiger partial charge in [-0.05, 0) is 44.0 Å². The molecule has 1 aliphatic rings. The van der Waals surface area contributed by atoms with Crippen molar-refractivity contribution in [2.45, 2.75) is 31.8 Å². The van der Waals surface area contributed by atoms with Crippen molar-refractivity contribution < 1.29 is 14.3 Å². The Morgan fingerprint density at radius 1 is 1.41 bits per heavy atom. The minimum Gasteiger partial charge on any atom is -0.468 e. The molecule has 1 fully saturated rings. The lowest BCUT2D eigenvalue weighted by atomic mass is 10.1. The predicted octanol–water partition coefficient (Wildman–Crippen LogP) is 2.15. The van der Waals surface area contributed by atoms with Crippen LogP contribution in [0.1, 0.15) is 31.4 Å². The summed E-state index contributed by atoms with van der Waals surface area (Å²) in [5.41, 5.74) is 0.990. The maximum absolute atomic E-state index is 12.2. The topological polar surface area (TPSA) is 58.6 Å². The number of likely N-dealkylation sites (tertiary alicyclic amines) is 1. The number of hydrogen-bond acceptors (Lipinski definition) is 4. The van der Waals surface area contributed by atoms with Crippen molar-refractivity contribution in [2.75, 3.05) is 20.2 Å². The van der Waals surface area contributed by atoms with E-state index in [1.165, 1.54) is 7.11 Å². The lowest BCUT2D eigenvalue weighted by Crippen LogP contribution is -2.43. The Bertz CT molecular complexity index is 533. The van der Waals surface area contributed by atoms with E-state index >= 15 is 0 Å². The van der Waals surface area contributed by atoms with Crippen molar-refractivity contribution in [1.82, 2.24) is 10.2 Å². The number of ether oxygens (including phenoxy) is 1. The van der Waals surface area contributed by atoms with Crippen molar-refractivity contribution in [3.8, 4) is 0 Å².